The summed E-state index contributed by atoms with van der Waals surface area (Å²) in [5.74, 6) is 0. The fourth-order valence-corrected chi connectivity index (χ4v) is 2.68. The van der Waals surface area contributed by atoms with E-state index in [1.165, 1.54) is 29.1 Å². The standard InChI is InChI=1S/C14H26N2S/c1-6-9-15-12(7-8-14(3,4)5)13-10-16-11(2)17-13/h10,12,15H,6-9H2,1-5H3. The van der Waals surface area contributed by atoms with E-state index in [4.69, 9.17) is 0 Å². The lowest BCUT2D eigenvalue weighted by Gasteiger charge is -2.23. The summed E-state index contributed by atoms with van der Waals surface area (Å²) >= 11 is 1.82. The van der Waals surface area contributed by atoms with Crippen LogP contribution in [0.1, 0.15) is 62.9 Å². The summed E-state index contributed by atoms with van der Waals surface area (Å²) in [7, 11) is 0. The fourth-order valence-electron chi connectivity index (χ4n) is 1.78. The molecule has 0 radical (unpaired) electrons. The number of hydrogen-bond acceptors (Lipinski definition) is 3. The van der Waals surface area contributed by atoms with E-state index < -0.39 is 0 Å². The molecule has 1 aromatic rings. The highest BCUT2D eigenvalue weighted by Crippen LogP contribution is 2.29. The fraction of sp³-hybridized carbons (Fsp3) is 0.786. The number of hydrogen-bond donors (Lipinski definition) is 1. The molecule has 1 aromatic heterocycles. The zero-order chi connectivity index (χ0) is 12.9. The van der Waals surface area contributed by atoms with Gasteiger partial charge in [0.1, 0.15) is 0 Å². The molecule has 3 heteroatoms. The van der Waals surface area contributed by atoms with E-state index in [0.29, 0.717) is 11.5 Å². The first-order valence-corrected chi connectivity index (χ1v) is 7.40. The molecule has 17 heavy (non-hydrogen) atoms. The predicted octanol–water partition coefficient (Wildman–Crippen LogP) is 4.32. The molecule has 0 saturated carbocycles. The van der Waals surface area contributed by atoms with Gasteiger partial charge in [-0.05, 0) is 38.1 Å². The van der Waals surface area contributed by atoms with E-state index in [2.05, 4.69) is 44.9 Å². The third kappa shape index (κ3) is 5.64. The lowest BCUT2D eigenvalue weighted by Crippen LogP contribution is -2.23. The molecule has 1 N–H and O–H groups in total. The Hall–Kier alpha value is -0.410. The van der Waals surface area contributed by atoms with Gasteiger partial charge in [-0.3, -0.25) is 0 Å². The summed E-state index contributed by atoms with van der Waals surface area (Å²) in [6.45, 7) is 12.3. The van der Waals surface area contributed by atoms with Crippen LogP contribution >= 0.6 is 11.3 Å². The number of aryl methyl sites for hydroxylation is 1. The summed E-state index contributed by atoms with van der Waals surface area (Å²) in [4.78, 5) is 5.76. The monoisotopic (exact) mass is 254 g/mol. The summed E-state index contributed by atoms with van der Waals surface area (Å²) in [6, 6.07) is 0.486. The molecule has 0 amide bonds. The molecule has 1 unspecified atom stereocenters. The van der Waals surface area contributed by atoms with Gasteiger partial charge in [0.05, 0.1) is 5.01 Å². The third-order valence-corrected chi connectivity index (χ3v) is 3.83. The van der Waals surface area contributed by atoms with Crippen LogP contribution in [0.25, 0.3) is 0 Å². The zero-order valence-corrected chi connectivity index (χ0v) is 12.7. The topological polar surface area (TPSA) is 24.9 Å². The van der Waals surface area contributed by atoms with E-state index in [0.717, 1.165) is 6.54 Å². The zero-order valence-electron chi connectivity index (χ0n) is 11.8. The highest BCUT2D eigenvalue weighted by atomic mass is 32.1. The van der Waals surface area contributed by atoms with Gasteiger partial charge in [0.15, 0.2) is 0 Å². The number of thiazole rings is 1. The van der Waals surface area contributed by atoms with Crippen molar-refractivity contribution < 1.29 is 0 Å². The SMILES string of the molecule is CCCNC(CCC(C)(C)C)c1cnc(C)s1. The Bertz CT molecular complexity index is 325. The van der Waals surface area contributed by atoms with E-state index in [9.17, 15) is 0 Å². The van der Waals surface area contributed by atoms with Crippen LogP contribution in [0.15, 0.2) is 6.20 Å². The van der Waals surface area contributed by atoms with Crippen molar-refractivity contribution in [2.45, 2.75) is 59.9 Å². The second-order valence-corrected chi connectivity index (χ2v) is 7.15. The molecule has 1 rings (SSSR count). The minimum atomic E-state index is 0.409. The molecule has 0 spiro atoms. The van der Waals surface area contributed by atoms with Gasteiger partial charge < -0.3 is 5.32 Å². The van der Waals surface area contributed by atoms with Gasteiger partial charge in [-0.1, -0.05) is 27.7 Å². The first-order chi connectivity index (χ1) is 7.92. The molecule has 0 aromatic carbocycles. The van der Waals surface area contributed by atoms with Crippen molar-refractivity contribution in [3.8, 4) is 0 Å². The van der Waals surface area contributed by atoms with Crippen molar-refractivity contribution in [2.75, 3.05) is 6.54 Å². The minimum absolute atomic E-state index is 0.409. The summed E-state index contributed by atoms with van der Waals surface area (Å²) < 4.78 is 0. The maximum atomic E-state index is 4.37. The average molecular weight is 254 g/mol. The largest absolute Gasteiger partial charge is 0.309 e. The number of nitrogens with one attached hydrogen (secondary N) is 1. The Morgan fingerprint density at radius 2 is 2.12 bits per heavy atom. The third-order valence-electron chi connectivity index (χ3n) is 2.81. The lowest BCUT2D eigenvalue weighted by atomic mass is 9.88. The highest BCUT2D eigenvalue weighted by molar-refractivity contribution is 7.11. The second kappa shape index (κ2) is 6.50. The van der Waals surface area contributed by atoms with Crippen LogP contribution in [0, 0.1) is 12.3 Å². The smallest absolute Gasteiger partial charge is 0.0897 e. The van der Waals surface area contributed by atoms with Crippen molar-refractivity contribution in [2.24, 2.45) is 5.41 Å². The first kappa shape index (κ1) is 14.7. The Labute approximate surface area is 110 Å². The van der Waals surface area contributed by atoms with E-state index in [1.54, 1.807) is 0 Å². The van der Waals surface area contributed by atoms with Crippen molar-refractivity contribution in [3.05, 3.63) is 16.1 Å². The van der Waals surface area contributed by atoms with Gasteiger partial charge in [0.2, 0.25) is 0 Å². The van der Waals surface area contributed by atoms with Crippen LogP contribution < -0.4 is 5.32 Å². The van der Waals surface area contributed by atoms with Gasteiger partial charge in [-0.25, -0.2) is 4.98 Å². The Morgan fingerprint density at radius 3 is 2.59 bits per heavy atom. The Balaban J connectivity index is 2.60. The number of nitrogens with zero attached hydrogens (tertiary/aromatic N) is 1. The van der Waals surface area contributed by atoms with E-state index in [-0.39, 0.29) is 0 Å². The van der Waals surface area contributed by atoms with Crippen molar-refractivity contribution in [1.29, 1.82) is 0 Å². The molecular weight excluding hydrogens is 228 g/mol. The predicted molar refractivity (Wildman–Crippen MR) is 76.6 cm³/mol. The summed E-state index contributed by atoms with van der Waals surface area (Å²) in [6.07, 6.45) is 5.66. The van der Waals surface area contributed by atoms with Gasteiger partial charge >= 0.3 is 0 Å². The average Bonchev–Trinajstić information content (AvgIpc) is 2.63. The van der Waals surface area contributed by atoms with Crippen LogP contribution in [-0.4, -0.2) is 11.5 Å². The molecule has 2 nitrogen and oxygen atoms in total. The van der Waals surface area contributed by atoms with Crippen LogP contribution in [-0.2, 0) is 0 Å². The van der Waals surface area contributed by atoms with Crippen LogP contribution in [0.3, 0.4) is 0 Å². The highest BCUT2D eigenvalue weighted by Gasteiger charge is 2.17. The molecule has 98 valence electrons. The molecular formula is C14H26N2S. The van der Waals surface area contributed by atoms with Crippen molar-refractivity contribution in [3.63, 3.8) is 0 Å². The first-order valence-electron chi connectivity index (χ1n) is 6.58. The van der Waals surface area contributed by atoms with Gasteiger partial charge in [0.25, 0.3) is 0 Å². The summed E-state index contributed by atoms with van der Waals surface area (Å²) in [5, 5.41) is 4.81. The molecule has 1 atom stereocenters. The van der Waals surface area contributed by atoms with Gasteiger partial charge in [-0.15, -0.1) is 11.3 Å². The molecule has 0 fully saturated rings. The van der Waals surface area contributed by atoms with Gasteiger partial charge in [0, 0.05) is 17.1 Å². The molecule has 0 aliphatic heterocycles. The molecule has 0 aliphatic carbocycles. The molecule has 0 bridgehead atoms. The lowest BCUT2D eigenvalue weighted by molar-refractivity contribution is 0.333. The van der Waals surface area contributed by atoms with Crippen LogP contribution in [0.2, 0.25) is 0 Å². The van der Waals surface area contributed by atoms with Crippen molar-refractivity contribution >= 4 is 11.3 Å². The number of aromatic nitrogens is 1. The molecule has 0 aliphatic rings. The Morgan fingerprint density at radius 1 is 1.41 bits per heavy atom. The van der Waals surface area contributed by atoms with Crippen LogP contribution in [0.5, 0.6) is 0 Å². The summed E-state index contributed by atoms with van der Waals surface area (Å²) in [5.41, 5.74) is 0.409. The molecule has 0 saturated heterocycles. The minimum Gasteiger partial charge on any atom is -0.309 e. The second-order valence-electron chi connectivity index (χ2n) is 5.89. The van der Waals surface area contributed by atoms with Crippen molar-refractivity contribution in [1.82, 2.24) is 10.3 Å². The maximum absolute atomic E-state index is 4.37. The maximum Gasteiger partial charge on any atom is 0.0897 e. The van der Waals surface area contributed by atoms with Gasteiger partial charge in [-0.2, -0.15) is 0 Å². The number of rotatable bonds is 6. The quantitative estimate of drug-likeness (QED) is 0.818. The normalized spacial score (nSPS) is 13.9. The van der Waals surface area contributed by atoms with E-state index >= 15 is 0 Å². The van der Waals surface area contributed by atoms with E-state index in [1.807, 2.05) is 17.5 Å². The molecule has 1 heterocycles. The van der Waals surface area contributed by atoms with Crippen LogP contribution in [0.4, 0.5) is 0 Å². The Kier molecular flexibility index (Phi) is 5.60.